The highest BCUT2D eigenvalue weighted by molar-refractivity contribution is 5.77. The van der Waals surface area contributed by atoms with Crippen LogP contribution in [0.2, 0.25) is 0 Å². The first-order valence-corrected chi connectivity index (χ1v) is 11.8. The van der Waals surface area contributed by atoms with Crippen LogP contribution in [0, 0.1) is 12.3 Å². The average molecular weight is 453 g/mol. The van der Waals surface area contributed by atoms with Gasteiger partial charge in [-0.05, 0) is 56.9 Å². The molecule has 2 aromatic carbocycles. The predicted molar refractivity (Wildman–Crippen MR) is 129 cm³/mol. The molecule has 3 rings (SSSR count). The van der Waals surface area contributed by atoms with Crippen LogP contribution < -0.4 is 4.74 Å². The number of hydrogen-bond acceptors (Lipinski definition) is 3. The summed E-state index contributed by atoms with van der Waals surface area (Å²) in [4.78, 5) is 28.2. The Hall–Kier alpha value is -3.02. The van der Waals surface area contributed by atoms with Gasteiger partial charge in [0.1, 0.15) is 5.75 Å². The van der Waals surface area contributed by atoms with E-state index in [1.54, 1.807) is 13.8 Å². The van der Waals surface area contributed by atoms with Crippen molar-refractivity contribution in [2.75, 3.05) is 19.7 Å². The minimum Gasteiger partial charge on any atom is -0.494 e. The van der Waals surface area contributed by atoms with Gasteiger partial charge in [-0.2, -0.15) is 0 Å². The van der Waals surface area contributed by atoms with Crippen molar-refractivity contribution in [2.45, 2.75) is 59.5 Å². The van der Waals surface area contributed by atoms with E-state index in [1.807, 2.05) is 34.1 Å². The number of hydrogen-bond donors (Lipinski definition) is 1. The third-order valence-corrected chi connectivity index (χ3v) is 6.21. The van der Waals surface area contributed by atoms with E-state index in [1.165, 1.54) is 5.56 Å². The molecular weight excluding hydrogens is 416 g/mol. The fourth-order valence-electron chi connectivity index (χ4n) is 4.18. The van der Waals surface area contributed by atoms with Crippen LogP contribution in [0.5, 0.6) is 5.75 Å². The van der Waals surface area contributed by atoms with Gasteiger partial charge in [0, 0.05) is 26.1 Å². The molecule has 0 radical (unpaired) electrons. The average Bonchev–Trinajstić information content (AvgIpc) is 3.05. The van der Waals surface area contributed by atoms with Crippen molar-refractivity contribution in [1.29, 1.82) is 0 Å². The Kier molecular flexibility index (Phi) is 8.01. The van der Waals surface area contributed by atoms with Crippen molar-refractivity contribution in [2.24, 2.45) is 5.41 Å². The quantitative estimate of drug-likeness (QED) is 0.513. The van der Waals surface area contributed by atoms with Gasteiger partial charge in [-0.15, -0.1) is 0 Å². The summed E-state index contributed by atoms with van der Waals surface area (Å²) < 4.78 is 5.96. The van der Waals surface area contributed by atoms with Gasteiger partial charge in [0.05, 0.1) is 18.1 Å². The van der Waals surface area contributed by atoms with E-state index in [0.717, 1.165) is 36.3 Å². The Bertz CT molecular complexity index is 938. The van der Waals surface area contributed by atoms with Crippen LogP contribution in [0.4, 0.5) is 4.79 Å². The summed E-state index contributed by atoms with van der Waals surface area (Å²) in [5.41, 5.74) is 2.53. The molecule has 0 aliphatic carbocycles. The van der Waals surface area contributed by atoms with Gasteiger partial charge in [0.15, 0.2) is 0 Å². The van der Waals surface area contributed by atoms with Crippen molar-refractivity contribution in [3.05, 3.63) is 65.2 Å². The summed E-state index contributed by atoms with van der Waals surface area (Å²) >= 11 is 0. The number of carbonyl (C=O) groups is 2. The zero-order chi connectivity index (χ0) is 24.0. The Morgan fingerprint density at radius 3 is 2.33 bits per heavy atom. The second kappa shape index (κ2) is 10.7. The number of nitrogens with zero attached hydrogens (tertiary/aromatic N) is 2. The number of amides is 2. The van der Waals surface area contributed by atoms with Crippen molar-refractivity contribution < 1.29 is 19.4 Å². The second-order valence-corrected chi connectivity index (χ2v) is 9.64. The van der Waals surface area contributed by atoms with Gasteiger partial charge < -0.3 is 19.6 Å². The molecule has 1 heterocycles. The van der Waals surface area contributed by atoms with E-state index in [2.05, 4.69) is 38.1 Å². The third-order valence-electron chi connectivity index (χ3n) is 6.21. The molecule has 0 spiro atoms. The maximum absolute atomic E-state index is 13.0. The number of urea groups is 1. The Balaban J connectivity index is 1.54. The van der Waals surface area contributed by atoms with Gasteiger partial charge in [0.25, 0.3) is 0 Å². The summed E-state index contributed by atoms with van der Waals surface area (Å²) in [6.07, 6.45) is 2.16. The lowest BCUT2D eigenvalue weighted by molar-refractivity contribution is -0.146. The van der Waals surface area contributed by atoms with Gasteiger partial charge in [0.2, 0.25) is 0 Å². The van der Waals surface area contributed by atoms with Crippen molar-refractivity contribution in [1.82, 2.24) is 9.80 Å². The summed E-state index contributed by atoms with van der Waals surface area (Å²) in [5, 5.41) is 9.31. The van der Waals surface area contributed by atoms with E-state index < -0.39 is 11.4 Å². The fraction of sp³-hybridized carbons (Fsp3) is 0.481. The van der Waals surface area contributed by atoms with Gasteiger partial charge in [-0.3, -0.25) is 4.79 Å². The van der Waals surface area contributed by atoms with Crippen LogP contribution in [0.1, 0.15) is 50.3 Å². The summed E-state index contributed by atoms with van der Waals surface area (Å²) in [5.74, 6) is -0.0447. The molecule has 2 aromatic rings. The second-order valence-electron chi connectivity index (χ2n) is 9.64. The number of aliphatic carboxylic acids is 1. The number of aryl methyl sites for hydroxylation is 1. The highest BCUT2D eigenvalue weighted by atomic mass is 16.5. The van der Waals surface area contributed by atoms with Crippen LogP contribution in [0.15, 0.2) is 48.5 Å². The molecule has 0 aromatic heterocycles. The van der Waals surface area contributed by atoms with Crippen LogP contribution in [-0.4, -0.2) is 52.6 Å². The monoisotopic (exact) mass is 452 g/mol. The highest BCUT2D eigenvalue weighted by Gasteiger charge is 2.36. The fourth-order valence-corrected chi connectivity index (χ4v) is 4.18. The standard InChI is InChI=1S/C27H36N2O4/c1-5-15-29-23(19-28(26(29)32)18-22-8-6-20(2)7-9-22)14-16-33-24-12-10-21(11-13-24)17-27(3,4)25(30)31/h6-13,23H,5,14-19H2,1-4H3,(H,30,31). The zero-order valence-electron chi connectivity index (χ0n) is 20.2. The molecule has 178 valence electrons. The van der Waals surface area contributed by atoms with Gasteiger partial charge in [-0.25, -0.2) is 4.79 Å². The number of carboxylic acid groups (broad SMARTS) is 1. The molecule has 1 N–H and O–H groups in total. The predicted octanol–water partition coefficient (Wildman–Crippen LogP) is 5.13. The molecule has 2 amide bonds. The number of carboxylic acids is 1. The minimum absolute atomic E-state index is 0.104. The molecule has 6 nitrogen and oxygen atoms in total. The first kappa shape index (κ1) is 24.6. The van der Waals surface area contributed by atoms with Crippen molar-refractivity contribution >= 4 is 12.0 Å². The maximum Gasteiger partial charge on any atom is 0.320 e. The first-order valence-electron chi connectivity index (χ1n) is 11.8. The largest absolute Gasteiger partial charge is 0.494 e. The molecular formula is C27H36N2O4. The Morgan fingerprint density at radius 2 is 1.73 bits per heavy atom. The zero-order valence-corrected chi connectivity index (χ0v) is 20.2. The van der Waals surface area contributed by atoms with E-state index in [4.69, 9.17) is 4.74 Å². The normalized spacial score (nSPS) is 16.4. The lowest BCUT2D eigenvalue weighted by atomic mass is 9.86. The van der Waals surface area contributed by atoms with Crippen LogP contribution >= 0.6 is 0 Å². The molecule has 33 heavy (non-hydrogen) atoms. The number of benzene rings is 2. The van der Waals surface area contributed by atoms with Gasteiger partial charge in [-0.1, -0.05) is 48.9 Å². The molecule has 1 fully saturated rings. The van der Waals surface area contributed by atoms with Crippen molar-refractivity contribution in [3.8, 4) is 5.75 Å². The molecule has 6 heteroatoms. The number of carbonyl (C=O) groups excluding carboxylic acids is 1. The Morgan fingerprint density at radius 1 is 1.09 bits per heavy atom. The molecule has 0 saturated carbocycles. The smallest absolute Gasteiger partial charge is 0.320 e. The number of ether oxygens (including phenoxy) is 1. The molecule has 1 atom stereocenters. The van der Waals surface area contributed by atoms with Crippen LogP contribution in [0.25, 0.3) is 0 Å². The first-order chi connectivity index (χ1) is 15.7. The van der Waals surface area contributed by atoms with E-state index in [-0.39, 0.29) is 12.1 Å². The van der Waals surface area contributed by atoms with E-state index in [9.17, 15) is 14.7 Å². The lowest BCUT2D eigenvalue weighted by Crippen LogP contribution is -2.36. The molecule has 1 aliphatic heterocycles. The number of rotatable bonds is 11. The SMILES string of the molecule is CCCN1C(=O)N(Cc2ccc(C)cc2)CC1CCOc1ccc(CC(C)(C)C(=O)O)cc1. The Labute approximate surface area is 197 Å². The van der Waals surface area contributed by atoms with Gasteiger partial charge >= 0.3 is 12.0 Å². The van der Waals surface area contributed by atoms with E-state index in [0.29, 0.717) is 26.1 Å². The third kappa shape index (κ3) is 6.50. The van der Waals surface area contributed by atoms with Crippen molar-refractivity contribution in [3.63, 3.8) is 0 Å². The van der Waals surface area contributed by atoms with E-state index >= 15 is 0 Å². The maximum atomic E-state index is 13.0. The molecule has 0 bridgehead atoms. The topological polar surface area (TPSA) is 70.1 Å². The van der Waals surface area contributed by atoms with Crippen LogP contribution in [0.3, 0.4) is 0 Å². The molecule has 1 unspecified atom stereocenters. The minimum atomic E-state index is -0.804. The summed E-state index contributed by atoms with van der Waals surface area (Å²) in [6.45, 7) is 10.2. The van der Waals surface area contributed by atoms with Crippen LogP contribution in [-0.2, 0) is 17.8 Å². The summed E-state index contributed by atoms with van der Waals surface area (Å²) in [6, 6.07) is 16.2. The highest BCUT2D eigenvalue weighted by Crippen LogP contribution is 2.25. The lowest BCUT2D eigenvalue weighted by Gasteiger charge is -2.22. The molecule has 1 saturated heterocycles. The molecule has 1 aliphatic rings. The summed E-state index contributed by atoms with van der Waals surface area (Å²) in [7, 11) is 0.